The molecular weight excluding hydrogens is 142 g/mol. The van der Waals surface area contributed by atoms with E-state index in [1.54, 1.807) is 0 Å². The average molecular weight is 159 g/mol. The zero-order valence-corrected chi connectivity index (χ0v) is 7.21. The van der Waals surface area contributed by atoms with Gasteiger partial charge in [-0.2, -0.15) is 0 Å². The lowest BCUT2D eigenvalue weighted by molar-refractivity contribution is -0.122. The van der Waals surface area contributed by atoms with Crippen LogP contribution in [0.2, 0.25) is 0 Å². The van der Waals surface area contributed by atoms with Gasteiger partial charge in [0.1, 0.15) is 5.78 Å². The average Bonchev–Trinajstić information content (AvgIpc) is 1.88. The quantitative estimate of drug-likeness (QED) is 0.607. The molecule has 3 N–H and O–H groups in total. The molecule has 0 aromatic carbocycles. The predicted molar refractivity (Wildman–Crippen MR) is 44.1 cm³/mol. The van der Waals surface area contributed by atoms with Crippen molar-refractivity contribution in [2.24, 2.45) is 11.7 Å². The number of hydrogen-bond acceptors (Lipinski definition) is 3. The molecule has 0 aliphatic rings. The fourth-order valence-corrected chi connectivity index (χ4v) is 1.10. The van der Waals surface area contributed by atoms with Crippen LogP contribution >= 0.6 is 0 Å². The number of aliphatic hydroxyl groups excluding tert-OH is 1. The third kappa shape index (κ3) is 3.49. The summed E-state index contributed by atoms with van der Waals surface area (Å²) in [6.07, 6.45) is 1.75. The minimum atomic E-state index is -0.366. The molecule has 2 atom stereocenters. The minimum absolute atomic E-state index is 0.0200. The molecule has 66 valence electrons. The predicted octanol–water partition coefficient (Wildman–Crippen LogP) is 0.311. The van der Waals surface area contributed by atoms with Crippen molar-refractivity contribution in [3.63, 3.8) is 0 Å². The van der Waals surface area contributed by atoms with E-state index in [4.69, 9.17) is 10.8 Å². The van der Waals surface area contributed by atoms with Crippen molar-refractivity contribution >= 4 is 5.78 Å². The molecule has 0 saturated heterocycles. The Balaban J connectivity index is 3.91. The van der Waals surface area contributed by atoms with Crippen LogP contribution < -0.4 is 5.73 Å². The van der Waals surface area contributed by atoms with Gasteiger partial charge in [0.15, 0.2) is 0 Å². The van der Waals surface area contributed by atoms with E-state index < -0.39 is 0 Å². The molecular formula is C8H17NO2. The Kier molecular flexibility index (Phi) is 5.07. The van der Waals surface area contributed by atoms with E-state index in [1.165, 1.54) is 6.92 Å². The number of rotatable bonds is 5. The standard InChI is InChI=1S/C8H17NO2/c1-3-4-8(9)7(5-10)6(2)11/h7-8,10H,3-5,9H2,1-2H3. The first kappa shape index (κ1) is 10.6. The largest absolute Gasteiger partial charge is 0.396 e. The summed E-state index contributed by atoms with van der Waals surface area (Å²) < 4.78 is 0. The van der Waals surface area contributed by atoms with Crippen LogP contribution in [-0.4, -0.2) is 23.5 Å². The summed E-state index contributed by atoms with van der Waals surface area (Å²) in [7, 11) is 0. The van der Waals surface area contributed by atoms with Crippen LogP contribution in [0.1, 0.15) is 26.7 Å². The molecule has 0 aromatic heterocycles. The highest BCUT2D eigenvalue weighted by Crippen LogP contribution is 2.07. The summed E-state index contributed by atoms with van der Waals surface area (Å²) in [4.78, 5) is 10.9. The van der Waals surface area contributed by atoms with Gasteiger partial charge in [-0.3, -0.25) is 4.79 Å². The monoisotopic (exact) mass is 159 g/mol. The first-order valence-corrected chi connectivity index (χ1v) is 4.00. The number of nitrogens with two attached hydrogens (primary N) is 1. The summed E-state index contributed by atoms with van der Waals surface area (Å²) in [5.74, 6) is -0.386. The van der Waals surface area contributed by atoms with Gasteiger partial charge in [0, 0.05) is 6.04 Å². The Hall–Kier alpha value is -0.410. The molecule has 0 aromatic rings. The van der Waals surface area contributed by atoms with Crippen LogP contribution in [0.25, 0.3) is 0 Å². The number of Topliss-reactive ketones (excluding diaryl/α,β-unsaturated/α-hetero) is 1. The number of hydrogen-bond donors (Lipinski definition) is 2. The molecule has 11 heavy (non-hydrogen) atoms. The van der Waals surface area contributed by atoms with Crippen molar-refractivity contribution in [2.75, 3.05) is 6.61 Å². The maximum absolute atomic E-state index is 10.9. The zero-order chi connectivity index (χ0) is 8.85. The Morgan fingerprint density at radius 2 is 2.18 bits per heavy atom. The SMILES string of the molecule is CCCC(N)C(CO)C(C)=O. The molecule has 0 amide bonds. The molecule has 0 saturated carbocycles. The number of aliphatic hydroxyl groups is 1. The molecule has 3 heteroatoms. The second-order valence-electron chi connectivity index (χ2n) is 2.85. The molecule has 0 bridgehead atoms. The third-order valence-electron chi connectivity index (χ3n) is 1.86. The van der Waals surface area contributed by atoms with Crippen LogP contribution in [0, 0.1) is 5.92 Å². The summed E-state index contributed by atoms with van der Waals surface area (Å²) in [6, 6.07) is -0.178. The summed E-state index contributed by atoms with van der Waals surface area (Å²) >= 11 is 0. The zero-order valence-electron chi connectivity index (χ0n) is 7.21. The maximum atomic E-state index is 10.9. The Morgan fingerprint density at radius 1 is 1.64 bits per heavy atom. The number of carbonyl (C=O) groups excluding carboxylic acids is 1. The maximum Gasteiger partial charge on any atom is 0.136 e. The van der Waals surface area contributed by atoms with Gasteiger partial charge in [-0.05, 0) is 13.3 Å². The van der Waals surface area contributed by atoms with Gasteiger partial charge in [0.05, 0.1) is 12.5 Å². The van der Waals surface area contributed by atoms with E-state index >= 15 is 0 Å². The molecule has 3 nitrogen and oxygen atoms in total. The second kappa shape index (κ2) is 5.27. The molecule has 0 aliphatic carbocycles. The van der Waals surface area contributed by atoms with Crippen molar-refractivity contribution in [2.45, 2.75) is 32.7 Å². The highest BCUT2D eigenvalue weighted by Gasteiger charge is 2.20. The van der Waals surface area contributed by atoms with Crippen molar-refractivity contribution < 1.29 is 9.90 Å². The van der Waals surface area contributed by atoms with E-state index in [0.29, 0.717) is 0 Å². The molecule has 0 heterocycles. The van der Waals surface area contributed by atoms with Gasteiger partial charge >= 0.3 is 0 Å². The van der Waals surface area contributed by atoms with E-state index in [1.807, 2.05) is 6.92 Å². The molecule has 0 aliphatic heterocycles. The first-order valence-electron chi connectivity index (χ1n) is 4.00. The summed E-state index contributed by atoms with van der Waals surface area (Å²) in [6.45, 7) is 3.35. The fourth-order valence-electron chi connectivity index (χ4n) is 1.10. The van der Waals surface area contributed by atoms with Crippen LogP contribution in [0.5, 0.6) is 0 Å². The molecule has 0 fully saturated rings. The van der Waals surface area contributed by atoms with E-state index in [2.05, 4.69) is 0 Å². The highest BCUT2D eigenvalue weighted by molar-refractivity contribution is 5.79. The Bertz CT molecular complexity index is 125. The van der Waals surface area contributed by atoms with E-state index in [-0.39, 0.29) is 24.3 Å². The van der Waals surface area contributed by atoms with Crippen molar-refractivity contribution in [3.05, 3.63) is 0 Å². The lowest BCUT2D eigenvalue weighted by atomic mass is 9.94. The lowest BCUT2D eigenvalue weighted by Crippen LogP contribution is -2.36. The van der Waals surface area contributed by atoms with Gasteiger partial charge in [0.25, 0.3) is 0 Å². The van der Waals surface area contributed by atoms with E-state index in [0.717, 1.165) is 12.8 Å². The van der Waals surface area contributed by atoms with Gasteiger partial charge in [-0.1, -0.05) is 13.3 Å². The Labute approximate surface area is 67.6 Å². The Morgan fingerprint density at radius 3 is 2.45 bits per heavy atom. The van der Waals surface area contributed by atoms with Gasteiger partial charge in [-0.25, -0.2) is 0 Å². The molecule has 2 unspecified atom stereocenters. The minimum Gasteiger partial charge on any atom is -0.396 e. The number of ketones is 1. The van der Waals surface area contributed by atoms with Crippen molar-refractivity contribution in [1.29, 1.82) is 0 Å². The number of carbonyl (C=O) groups is 1. The van der Waals surface area contributed by atoms with Crippen LogP contribution in [0.15, 0.2) is 0 Å². The normalized spacial score (nSPS) is 16.0. The van der Waals surface area contributed by atoms with Gasteiger partial charge in [-0.15, -0.1) is 0 Å². The van der Waals surface area contributed by atoms with Crippen LogP contribution in [-0.2, 0) is 4.79 Å². The highest BCUT2D eigenvalue weighted by atomic mass is 16.3. The van der Waals surface area contributed by atoms with Gasteiger partial charge < -0.3 is 10.8 Å². The molecule has 0 radical (unpaired) electrons. The van der Waals surface area contributed by atoms with Gasteiger partial charge in [0.2, 0.25) is 0 Å². The van der Waals surface area contributed by atoms with Crippen molar-refractivity contribution in [3.8, 4) is 0 Å². The first-order chi connectivity index (χ1) is 5.13. The lowest BCUT2D eigenvalue weighted by Gasteiger charge is -2.17. The van der Waals surface area contributed by atoms with Crippen LogP contribution in [0.4, 0.5) is 0 Å². The smallest absolute Gasteiger partial charge is 0.136 e. The van der Waals surface area contributed by atoms with Crippen LogP contribution in [0.3, 0.4) is 0 Å². The second-order valence-corrected chi connectivity index (χ2v) is 2.85. The molecule has 0 spiro atoms. The summed E-state index contributed by atoms with van der Waals surface area (Å²) in [5, 5.41) is 8.79. The third-order valence-corrected chi connectivity index (χ3v) is 1.86. The van der Waals surface area contributed by atoms with E-state index in [9.17, 15) is 4.79 Å². The fraction of sp³-hybridized carbons (Fsp3) is 0.875. The summed E-state index contributed by atoms with van der Waals surface area (Å²) in [5.41, 5.74) is 5.66. The molecule has 0 rings (SSSR count). The topological polar surface area (TPSA) is 63.3 Å². The van der Waals surface area contributed by atoms with Crippen molar-refractivity contribution in [1.82, 2.24) is 0 Å².